The summed E-state index contributed by atoms with van der Waals surface area (Å²) in [5, 5.41) is 10.3. The molecule has 110 valence electrons. The first-order chi connectivity index (χ1) is 9.50. The monoisotopic (exact) mass is 276 g/mol. The molecule has 1 fully saturated rings. The van der Waals surface area contributed by atoms with Gasteiger partial charge in [0, 0.05) is 7.05 Å². The van der Waals surface area contributed by atoms with Gasteiger partial charge in [0.2, 0.25) is 5.91 Å². The number of hydrogen-bond donors (Lipinski definition) is 2. The van der Waals surface area contributed by atoms with Crippen LogP contribution in [-0.4, -0.2) is 35.0 Å². The van der Waals surface area contributed by atoms with E-state index in [1.54, 1.807) is 11.9 Å². The summed E-state index contributed by atoms with van der Waals surface area (Å²) in [5.41, 5.74) is 6.78. The van der Waals surface area contributed by atoms with Gasteiger partial charge in [-0.1, -0.05) is 43.2 Å². The van der Waals surface area contributed by atoms with Gasteiger partial charge in [-0.05, 0) is 24.8 Å². The molecule has 0 spiro atoms. The highest BCUT2D eigenvalue weighted by atomic mass is 16.3. The fraction of sp³-hybridized carbons (Fsp3) is 0.562. The molecule has 4 heteroatoms. The minimum atomic E-state index is -0.696. The van der Waals surface area contributed by atoms with Crippen LogP contribution in [0.1, 0.15) is 37.9 Å². The fourth-order valence-corrected chi connectivity index (χ4v) is 2.42. The van der Waals surface area contributed by atoms with Gasteiger partial charge in [-0.15, -0.1) is 0 Å². The second-order valence-corrected chi connectivity index (χ2v) is 5.83. The molecule has 0 aliphatic heterocycles. The van der Waals surface area contributed by atoms with Crippen LogP contribution < -0.4 is 5.73 Å². The van der Waals surface area contributed by atoms with Crippen molar-refractivity contribution in [2.45, 2.75) is 44.4 Å². The summed E-state index contributed by atoms with van der Waals surface area (Å²) in [6, 6.07) is 8.65. The summed E-state index contributed by atoms with van der Waals surface area (Å²) in [7, 11) is 1.71. The number of rotatable bonds is 6. The first-order valence-electron chi connectivity index (χ1n) is 7.26. The Morgan fingerprint density at radius 3 is 2.55 bits per heavy atom. The lowest BCUT2D eigenvalue weighted by Gasteiger charge is -2.31. The number of nitrogens with two attached hydrogens (primary N) is 1. The minimum Gasteiger partial charge on any atom is -0.386 e. The average Bonchev–Trinajstić information content (AvgIpc) is 3.28. The number of benzene rings is 1. The number of hydrogen-bond acceptors (Lipinski definition) is 3. The Kier molecular flexibility index (Phi) is 4.78. The lowest BCUT2D eigenvalue weighted by Crippen LogP contribution is -2.47. The van der Waals surface area contributed by atoms with Gasteiger partial charge in [0.1, 0.15) is 0 Å². The molecular formula is C16H24N2O2. The Bertz CT molecular complexity index is 445. The molecule has 0 heterocycles. The van der Waals surface area contributed by atoms with Crippen molar-refractivity contribution in [1.82, 2.24) is 4.90 Å². The summed E-state index contributed by atoms with van der Waals surface area (Å²) < 4.78 is 0. The quantitative estimate of drug-likeness (QED) is 0.831. The highest BCUT2D eigenvalue weighted by molar-refractivity contribution is 5.81. The van der Waals surface area contributed by atoms with Crippen LogP contribution in [0.3, 0.4) is 0 Å². The summed E-state index contributed by atoms with van der Waals surface area (Å²) in [4.78, 5) is 13.8. The van der Waals surface area contributed by atoms with Gasteiger partial charge in [-0.2, -0.15) is 0 Å². The molecule has 1 amide bonds. The van der Waals surface area contributed by atoms with Crippen molar-refractivity contribution in [3.63, 3.8) is 0 Å². The van der Waals surface area contributed by atoms with Gasteiger partial charge in [-0.3, -0.25) is 4.79 Å². The lowest BCUT2D eigenvalue weighted by atomic mass is 10.0. The number of carbonyl (C=O) groups is 1. The topological polar surface area (TPSA) is 66.6 Å². The molecule has 1 aromatic rings. The van der Waals surface area contributed by atoms with E-state index in [-0.39, 0.29) is 11.9 Å². The molecule has 0 radical (unpaired) electrons. The first kappa shape index (κ1) is 15.0. The number of aliphatic hydroxyl groups is 1. The fourth-order valence-electron chi connectivity index (χ4n) is 2.42. The van der Waals surface area contributed by atoms with E-state index in [4.69, 9.17) is 5.73 Å². The van der Waals surface area contributed by atoms with Crippen LogP contribution in [0.5, 0.6) is 0 Å². The molecule has 0 aromatic heterocycles. The van der Waals surface area contributed by atoms with E-state index >= 15 is 0 Å². The lowest BCUT2D eigenvalue weighted by molar-refractivity contribution is -0.135. The summed E-state index contributed by atoms with van der Waals surface area (Å²) in [6.45, 7) is 1.85. The Balaban J connectivity index is 1.96. The highest BCUT2D eigenvalue weighted by Crippen LogP contribution is 2.33. The van der Waals surface area contributed by atoms with E-state index in [0.29, 0.717) is 5.92 Å². The molecule has 1 aromatic carbocycles. The molecule has 0 unspecified atom stereocenters. The summed E-state index contributed by atoms with van der Waals surface area (Å²) in [5.74, 6) is 0.538. The van der Waals surface area contributed by atoms with Crippen LogP contribution >= 0.6 is 0 Å². The van der Waals surface area contributed by atoms with Crippen LogP contribution in [0.4, 0.5) is 0 Å². The Hall–Kier alpha value is -1.39. The van der Waals surface area contributed by atoms with Gasteiger partial charge in [0.15, 0.2) is 0 Å². The van der Waals surface area contributed by atoms with E-state index < -0.39 is 12.1 Å². The molecule has 20 heavy (non-hydrogen) atoms. The van der Waals surface area contributed by atoms with E-state index in [0.717, 1.165) is 12.0 Å². The second-order valence-electron chi connectivity index (χ2n) is 5.83. The van der Waals surface area contributed by atoms with E-state index in [2.05, 4.69) is 0 Å². The largest absolute Gasteiger partial charge is 0.386 e. The molecule has 1 saturated carbocycles. The van der Waals surface area contributed by atoms with Crippen LogP contribution in [0, 0.1) is 5.92 Å². The molecule has 1 aliphatic rings. The molecule has 3 N–H and O–H groups in total. The number of aliphatic hydroxyl groups excluding tert-OH is 1. The van der Waals surface area contributed by atoms with Gasteiger partial charge in [0.05, 0.1) is 18.2 Å². The predicted molar refractivity (Wildman–Crippen MR) is 79.0 cm³/mol. The maximum atomic E-state index is 12.3. The minimum absolute atomic E-state index is 0.0839. The Morgan fingerprint density at radius 2 is 2.00 bits per heavy atom. The van der Waals surface area contributed by atoms with Crippen molar-refractivity contribution in [2.24, 2.45) is 11.7 Å². The SMILES string of the molecule is C[C@H]([C@H](O)c1ccccc1)N(C)C(=O)[C@@H](N)CC1CC1. The van der Waals surface area contributed by atoms with Crippen LogP contribution in [-0.2, 0) is 4.79 Å². The second kappa shape index (κ2) is 6.37. The Labute approximate surface area is 120 Å². The van der Waals surface area contributed by atoms with Crippen molar-refractivity contribution in [2.75, 3.05) is 7.05 Å². The van der Waals surface area contributed by atoms with Crippen molar-refractivity contribution >= 4 is 5.91 Å². The van der Waals surface area contributed by atoms with Gasteiger partial charge in [-0.25, -0.2) is 0 Å². The number of carbonyl (C=O) groups excluding carboxylic acids is 1. The summed E-state index contributed by atoms with van der Waals surface area (Å²) >= 11 is 0. The smallest absolute Gasteiger partial charge is 0.239 e. The first-order valence-corrected chi connectivity index (χ1v) is 7.26. The van der Waals surface area contributed by atoms with Gasteiger partial charge < -0.3 is 15.7 Å². The van der Waals surface area contributed by atoms with E-state index in [1.807, 2.05) is 37.3 Å². The van der Waals surface area contributed by atoms with E-state index in [1.165, 1.54) is 12.8 Å². The Morgan fingerprint density at radius 1 is 1.40 bits per heavy atom. The van der Waals surface area contributed by atoms with E-state index in [9.17, 15) is 9.90 Å². The molecular weight excluding hydrogens is 252 g/mol. The van der Waals surface area contributed by atoms with Crippen LogP contribution in [0.25, 0.3) is 0 Å². The van der Waals surface area contributed by atoms with Gasteiger partial charge in [0.25, 0.3) is 0 Å². The molecule has 4 nitrogen and oxygen atoms in total. The molecule has 3 atom stereocenters. The zero-order chi connectivity index (χ0) is 14.7. The van der Waals surface area contributed by atoms with Crippen LogP contribution in [0.15, 0.2) is 30.3 Å². The van der Waals surface area contributed by atoms with Crippen molar-refractivity contribution in [1.29, 1.82) is 0 Å². The maximum absolute atomic E-state index is 12.3. The normalized spacial score (nSPS) is 19.2. The maximum Gasteiger partial charge on any atom is 0.239 e. The molecule has 0 bridgehead atoms. The number of nitrogens with zero attached hydrogens (tertiary/aromatic N) is 1. The number of amides is 1. The zero-order valence-corrected chi connectivity index (χ0v) is 12.2. The third kappa shape index (κ3) is 3.58. The standard InChI is InChI=1S/C16H24N2O2/c1-11(15(19)13-6-4-3-5-7-13)18(2)16(20)14(17)10-12-8-9-12/h3-7,11-12,14-15,19H,8-10,17H2,1-2H3/t11-,14+,15+/m1/s1. The number of likely N-dealkylation sites (N-methyl/N-ethyl adjacent to an activating group) is 1. The molecule has 1 aliphatic carbocycles. The van der Waals surface area contributed by atoms with Gasteiger partial charge >= 0.3 is 0 Å². The molecule has 2 rings (SSSR count). The third-order valence-corrected chi connectivity index (χ3v) is 4.16. The van der Waals surface area contributed by atoms with Crippen molar-refractivity contribution in [3.8, 4) is 0 Å². The zero-order valence-electron chi connectivity index (χ0n) is 12.2. The van der Waals surface area contributed by atoms with Crippen LogP contribution in [0.2, 0.25) is 0 Å². The highest BCUT2D eigenvalue weighted by Gasteiger charge is 2.31. The summed E-state index contributed by atoms with van der Waals surface area (Å²) in [6.07, 6.45) is 2.44. The predicted octanol–water partition coefficient (Wildman–Crippen LogP) is 1.69. The van der Waals surface area contributed by atoms with Crippen molar-refractivity contribution in [3.05, 3.63) is 35.9 Å². The third-order valence-electron chi connectivity index (χ3n) is 4.16. The van der Waals surface area contributed by atoms with Crippen molar-refractivity contribution < 1.29 is 9.90 Å². The molecule has 0 saturated heterocycles. The average molecular weight is 276 g/mol.